The Balaban J connectivity index is 1.22. The minimum atomic E-state index is -1.68. The van der Waals surface area contributed by atoms with E-state index in [9.17, 15) is 63.3 Å². The number of hydrogen-bond donors (Lipinski definition) is 15. The molecular formula is C51H77N17O13S2. The number of aliphatic hydroxyl groups is 2. The first-order chi connectivity index (χ1) is 39.6. The van der Waals surface area contributed by atoms with Gasteiger partial charge in [0.25, 0.3) is 5.91 Å². The van der Waals surface area contributed by atoms with Gasteiger partial charge >= 0.3 is 5.97 Å². The van der Waals surface area contributed by atoms with Gasteiger partial charge in [-0.1, -0.05) is 24.6 Å². The number of rotatable bonds is 31. The molecule has 32 heteroatoms. The predicted molar refractivity (Wildman–Crippen MR) is 306 cm³/mol. The Labute approximate surface area is 487 Å². The number of unbranched alkanes of at least 4 members (excludes halogenated alkanes) is 1. The lowest BCUT2D eigenvalue weighted by Crippen LogP contribution is -2.59. The Morgan fingerprint density at radius 2 is 1.43 bits per heavy atom. The van der Waals surface area contributed by atoms with E-state index in [1.54, 1.807) is 41.8 Å². The third-order valence-electron chi connectivity index (χ3n) is 13.7. The molecule has 2 aromatic rings. The summed E-state index contributed by atoms with van der Waals surface area (Å²) < 4.78 is 0. The van der Waals surface area contributed by atoms with Crippen LogP contribution in [0.3, 0.4) is 0 Å². The van der Waals surface area contributed by atoms with Gasteiger partial charge in [-0.15, -0.1) is 23.1 Å². The number of carbonyl (C=O) groups excluding carboxylic acids is 9. The molecule has 1 aromatic carbocycles. The fourth-order valence-corrected chi connectivity index (χ4v) is 11.4. The Kier molecular flexibility index (Phi) is 26.2. The third-order valence-corrected chi connectivity index (χ3v) is 15.8. The van der Waals surface area contributed by atoms with E-state index in [0.717, 1.165) is 9.80 Å². The largest absolute Gasteiger partial charge is 0.480 e. The second-order valence-corrected chi connectivity index (χ2v) is 22.1. The van der Waals surface area contributed by atoms with Crippen molar-refractivity contribution in [2.45, 2.75) is 130 Å². The number of carbonyl (C=O) groups is 10. The van der Waals surface area contributed by atoms with Gasteiger partial charge in [-0.3, -0.25) is 53.1 Å². The van der Waals surface area contributed by atoms with Crippen LogP contribution in [-0.4, -0.2) is 209 Å². The number of nitrogens with two attached hydrogens (primary N) is 6. The number of aliphatic imine (C=N–C) groups is 2. The molecule has 0 bridgehead atoms. The second kappa shape index (κ2) is 32.9. The number of thiophene rings is 1. The van der Waals surface area contributed by atoms with Crippen LogP contribution in [0.5, 0.6) is 0 Å². The van der Waals surface area contributed by atoms with Gasteiger partial charge in [-0.05, 0) is 81.5 Å². The minimum Gasteiger partial charge on any atom is -0.480 e. The summed E-state index contributed by atoms with van der Waals surface area (Å²) in [6.45, 7) is -1.77. The average Bonchev–Trinajstić information content (AvgIpc) is 4.47. The molecule has 456 valence electrons. The summed E-state index contributed by atoms with van der Waals surface area (Å²) in [6.07, 6.45) is 1.29. The zero-order chi connectivity index (χ0) is 60.8. The highest BCUT2D eigenvalue weighted by atomic mass is 32.2. The predicted octanol–water partition coefficient (Wildman–Crippen LogP) is -5.44. The number of likely N-dealkylation sites (tertiary alicyclic amines) is 2. The molecule has 2 saturated heterocycles. The van der Waals surface area contributed by atoms with Crippen LogP contribution in [0.2, 0.25) is 0 Å². The Morgan fingerprint density at radius 3 is 2.08 bits per heavy atom. The van der Waals surface area contributed by atoms with Crippen LogP contribution in [0.15, 0.2) is 56.7 Å². The number of aliphatic carboxylic acids is 1. The van der Waals surface area contributed by atoms with E-state index in [-0.39, 0.29) is 88.8 Å². The van der Waals surface area contributed by atoms with E-state index in [2.05, 4.69) is 41.9 Å². The van der Waals surface area contributed by atoms with Crippen LogP contribution in [-0.2, 0) is 54.4 Å². The van der Waals surface area contributed by atoms with Gasteiger partial charge in [0.2, 0.25) is 47.3 Å². The Morgan fingerprint density at radius 1 is 0.759 bits per heavy atom. The van der Waals surface area contributed by atoms with Gasteiger partial charge in [0.15, 0.2) is 11.9 Å². The van der Waals surface area contributed by atoms with Gasteiger partial charge in [-0.25, -0.2) is 4.79 Å². The summed E-state index contributed by atoms with van der Waals surface area (Å²) in [4.78, 5) is 149. The number of amides is 9. The lowest BCUT2D eigenvalue weighted by Gasteiger charge is -2.33. The van der Waals surface area contributed by atoms with Crippen molar-refractivity contribution < 1.29 is 63.3 Å². The number of anilines is 1. The molecule has 21 N–H and O–H groups in total. The van der Waals surface area contributed by atoms with Crippen molar-refractivity contribution in [2.75, 3.05) is 63.1 Å². The SMILES string of the molecule is NCCCC[C@H](N)C(=O)N[C@@H](CCCN=C(N)N)C(=O)N1CCC[C@H]1C(=O)N1CC(O)C[C@H]1C(=O)NCC(=O)N[C@@H](Cc1cccs1)C(=O)N[C@@H](CO)C(=O)NC1CSc2ccccc2N(CC(=O)N[C@H](CCCN=C(N)N)C(=O)O)C1=O. The molecule has 0 spiro atoms. The molecule has 0 saturated carbocycles. The van der Waals surface area contributed by atoms with Gasteiger partial charge in [-0.2, -0.15) is 0 Å². The van der Waals surface area contributed by atoms with E-state index in [1.165, 1.54) is 28.0 Å². The molecular weight excluding hydrogens is 1120 g/mol. The van der Waals surface area contributed by atoms with Crippen LogP contribution in [0.1, 0.15) is 69.1 Å². The van der Waals surface area contributed by atoms with Crippen LogP contribution in [0, 0.1) is 0 Å². The molecule has 30 nitrogen and oxygen atoms in total. The third kappa shape index (κ3) is 20.0. The maximum absolute atomic E-state index is 14.3. The van der Waals surface area contributed by atoms with E-state index < -0.39 is 133 Å². The normalized spacial score (nSPS) is 19.3. The van der Waals surface area contributed by atoms with Crippen molar-refractivity contribution in [3.05, 3.63) is 46.7 Å². The average molecular weight is 1200 g/mol. The molecule has 1 aromatic heterocycles. The number of carboxylic acids is 1. The van der Waals surface area contributed by atoms with E-state index in [4.69, 9.17) is 34.4 Å². The molecule has 9 atom stereocenters. The summed E-state index contributed by atoms with van der Waals surface area (Å²) >= 11 is 2.43. The highest BCUT2D eigenvalue weighted by Crippen LogP contribution is 2.34. The maximum Gasteiger partial charge on any atom is 0.326 e. The van der Waals surface area contributed by atoms with Crippen molar-refractivity contribution >= 4 is 99.8 Å². The molecule has 83 heavy (non-hydrogen) atoms. The van der Waals surface area contributed by atoms with Crippen LogP contribution >= 0.6 is 23.1 Å². The van der Waals surface area contributed by atoms with Gasteiger partial charge in [0, 0.05) is 54.5 Å². The van der Waals surface area contributed by atoms with E-state index in [1.807, 2.05) is 0 Å². The highest BCUT2D eigenvalue weighted by Gasteiger charge is 2.46. The second-order valence-electron chi connectivity index (χ2n) is 20.0. The van der Waals surface area contributed by atoms with Crippen molar-refractivity contribution in [3.63, 3.8) is 0 Å². The topological polar surface area (TPSA) is 494 Å². The van der Waals surface area contributed by atoms with E-state index >= 15 is 0 Å². The first-order valence-corrected chi connectivity index (χ1v) is 29.0. The number of guanidine groups is 2. The van der Waals surface area contributed by atoms with Crippen molar-refractivity contribution in [1.29, 1.82) is 0 Å². The first kappa shape index (κ1) is 66.2. The number of benzene rings is 1. The Bertz CT molecular complexity index is 2660. The van der Waals surface area contributed by atoms with Gasteiger partial charge in [0.1, 0.15) is 48.8 Å². The lowest BCUT2D eigenvalue weighted by atomic mass is 10.1. The van der Waals surface area contributed by atoms with Gasteiger partial charge < -0.3 is 96.3 Å². The molecule has 3 aliphatic heterocycles. The zero-order valence-electron chi connectivity index (χ0n) is 45.8. The van der Waals surface area contributed by atoms with Crippen molar-refractivity contribution in [2.24, 2.45) is 44.4 Å². The summed E-state index contributed by atoms with van der Waals surface area (Å²) in [5, 5.41) is 47.9. The molecule has 9 amide bonds. The number of para-hydroxylation sites is 1. The van der Waals surface area contributed by atoms with Crippen molar-refractivity contribution in [1.82, 2.24) is 41.7 Å². The number of hydrogen-bond acceptors (Lipinski definition) is 18. The summed E-state index contributed by atoms with van der Waals surface area (Å²) in [5.41, 5.74) is 33.7. The molecule has 4 heterocycles. The maximum atomic E-state index is 14.3. The zero-order valence-corrected chi connectivity index (χ0v) is 47.5. The smallest absolute Gasteiger partial charge is 0.326 e. The minimum absolute atomic E-state index is 0.0344. The van der Waals surface area contributed by atoms with E-state index in [0.29, 0.717) is 47.7 Å². The first-order valence-electron chi connectivity index (χ1n) is 27.1. The lowest BCUT2D eigenvalue weighted by molar-refractivity contribution is -0.148. The number of β-amino-alcohol motifs (C(OH)–C–C–N with tert-alkyl or cyclic N) is 1. The number of fused-ring (bicyclic) bond motifs is 1. The summed E-state index contributed by atoms with van der Waals surface area (Å²) in [6, 6.07) is -0.170. The van der Waals surface area contributed by atoms with Crippen LogP contribution in [0.25, 0.3) is 0 Å². The monoisotopic (exact) mass is 1200 g/mol. The number of carboxylic acid groups (broad SMARTS) is 1. The summed E-state index contributed by atoms with van der Waals surface area (Å²) in [5.74, 6) is -8.71. The molecule has 3 aliphatic rings. The Hall–Kier alpha value is -7.65. The fourth-order valence-electron chi connectivity index (χ4n) is 9.54. The summed E-state index contributed by atoms with van der Waals surface area (Å²) in [7, 11) is 0. The molecule has 0 aliphatic carbocycles. The number of aliphatic hydroxyl groups excluding tert-OH is 2. The quantitative estimate of drug-likeness (QED) is 0.0190. The van der Waals surface area contributed by atoms with Crippen LogP contribution in [0.4, 0.5) is 5.69 Å². The molecule has 0 radical (unpaired) electrons. The standard InChI is InChI=1S/C51H77N17O13S2/c52-16-4-3-10-30(53)42(73)63-31(11-5-17-58-50(54)55)46(77)66-19-7-14-37(66)48(79)67-24-28(70)21-38(67)45(76)60-23-40(71)62-33(22-29-9-8-20-82-29)43(74)64-34(26-69)44(75)65-35-27-83-39-15-2-1-13-36(39)68(47(35)78)25-41(72)61-32(49(80)81)12-6-18-59-51(56)57/h1-2,8-9,13,15,20,28,30-35,37-38,69-70H,3-7,10-12,14,16-19,21-27,52-53H2,(H,60,76)(H,61,72)(H,62,71)(H,63,73)(H,64,74)(H,65,75)(H,80,81)(H4,54,55,58)(H4,56,57,59)/t28?,30-,31-,32+,33-,34-,35?,37-,38-/m0/s1. The van der Waals surface area contributed by atoms with Crippen LogP contribution < -0.4 is 71.2 Å². The van der Waals surface area contributed by atoms with Crippen molar-refractivity contribution in [3.8, 4) is 0 Å². The fraction of sp³-hybridized carbons (Fsp3) is 0.569. The number of nitrogens with zero attached hydrogens (tertiary/aromatic N) is 5. The molecule has 2 fully saturated rings. The highest BCUT2D eigenvalue weighted by molar-refractivity contribution is 7.99. The molecule has 5 rings (SSSR count). The number of thioether (sulfide) groups is 1. The number of nitrogens with one attached hydrogen (secondary N) is 6. The molecule has 2 unspecified atom stereocenters. The van der Waals surface area contributed by atoms with Gasteiger partial charge in [0.05, 0.1) is 31.0 Å².